The molecule has 0 atom stereocenters. The molecule has 2 aliphatic rings. The monoisotopic (exact) mass is 347 g/mol. The quantitative estimate of drug-likeness (QED) is 0.693. The average molecular weight is 347 g/mol. The number of likely N-dealkylation sites (tertiary alicyclic amines) is 1. The Balaban J connectivity index is 1.38. The van der Waals surface area contributed by atoms with E-state index in [0.29, 0.717) is 5.54 Å². The molecule has 1 aromatic carbocycles. The minimum absolute atomic E-state index is 0.580. The van der Waals surface area contributed by atoms with E-state index < -0.39 is 0 Å². The molecule has 2 aromatic heterocycles. The molecular weight excluding hydrogens is 322 g/mol. The van der Waals surface area contributed by atoms with Gasteiger partial charge in [0.15, 0.2) is 0 Å². The third kappa shape index (κ3) is 2.69. The molecule has 0 amide bonds. The van der Waals surface area contributed by atoms with Crippen LogP contribution in [-0.4, -0.2) is 40.0 Å². The van der Waals surface area contributed by atoms with Crippen LogP contribution in [0, 0.1) is 0 Å². The number of methoxy groups -OCH3 is 1. The fraction of sp³-hybridized carbons (Fsp3) is 0.409. The van der Waals surface area contributed by atoms with Crippen LogP contribution in [0.3, 0.4) is 0 Å². The highest BCUT2D eigenvalue weighted by molar-refractivity contribution is 5.71. The molecule has 4 nitrogen and oxygen atoms in total. The van der Waals surface area contributed by atoms with E-state index in [1.807, 2.05) is 18.2 Å². The summed E-state index contributed by atoms with van der Waals surface area (Å²) < 4.78 is 7.65. The molecule has 1 aliphatic heterocycles. The minimum Gasteiger partial charge on any atom is -0.496 e. The molecule has 0 bridgehead atoms. The Kier molecular flexibility index (Phi) is 3.75. The zero-order chi connectivity index (χ0) is 17.6. The maximum Gasteiger partial charge on any atom is 0.137 e. The molecule has 0 N–H and O–H groups in total. The lowest BCUT2D eigenvalue weighted by atomic mass is 10.1. The van der Waals surface area contributed by atoms with Crippen molar-refractivity contribution in [1.82, 2.24) is 14.3 Å². The second-order valence-corrected chi connectivity index (χ2v) is 7.68. The predicted molar refractivity (Wildman–Crippen MR) is 104 cm³/mol. The highest BCUT2D eigenvalue weighted by Gasteiger charge is 2.49. The van der Waals surface area contributed by atoms with Crippen molar-refractivity contribution < 1.29 is 4.74 Å². The lowest BCUT2D eigenvalue weighted by Crippen LogP contribution is -2.32. The Morgan fingerprint density at radius 2 is 1.96 bits per heavy atom. The Bertz CT molecular complexity index is 941. The molecule has 3 aromatic rings. The number of pyridine rings is 1. The standard InChI is InChI=1S/C22H25N3O/c1-26-20-6-3-2-5-19(20)17-7-8-21-23-18(16-24(21)15-17)9-14-25-13-4-10-22(25)11-12-22/h2-3,5-8,15-16H,4,9-14H2,1H3. The molecule has 134 valence electrons. The normalized spacial score (nSPS) is 18.7. The summed E-state index contributed by atoms with van der Waals surface area (Å²) >= 11 is 0. The fourth-order valence-corrected chi connectivity index (χ4v) is 4.51. The van der Waals surface area contributed by atoms with Crippen LogP contribution in [0.25, 0.3) is 16.8 Å². The molecule has 26 heavy (non-hydrogen) atoms. The number of benzene rings is 1. The molecule has 1 saturated heterocycles. The van der Waals surface area contributed by atoms with Crippen molar-refractivity contribution in [3.8, 4) is 16.9 Å². The van der Waals surface area contributed by atoms with Gasteiger partial charge in [0.2, 0.25) is 0 Å². The van der Waals surface area contributed by atoms with Crippen molar-refractivity contribution in [2.75, 3.05) is 20.2 Å². The third-order valence-corrected chi connectivity index (χ3v) is 6.12. The number of aromatic nitrogens is 2. The molecule has 1 spiro atoms. The van der Waals surface area contributed by atoms with E-state index >= 15 is 0 Å². The van der Waals surface area contributed by atoms with E-state index in [-0.39, 0.29) is 0 Å². The van der Waals surface area contributed by atoms with Crippen LogP contribution >= 0.6 is 0 Å². The molecule has 0 radical (unpaired) electrons. The second kappa shape index (κ2) is 6.13. The Hall–Kier alpha value is -2.33. The zero-order valence-corrected chi connectivity index (χ0v) is 15.3. The van der Waals surface area contributed by atoms with Crippen molar-refractivity contribution in [3.05, 3.63) is 54.5 Å². The first-order valence-corrected chi connectivity index (χ1v) is 9.64. The van der Waals surface area contributed by atoms with Gasteiger partial charge in [0.05, 0.1) is 12.8 Å². The number of nitrogens with zero attached hydrogens (tertiary/aromatic N) is 3. The first kappa shape index (κ1) is 15.9. The number of imidazole rings is 1. The van der Waals surface area contributed by atoms with E-state index in [4.69, 9.17) is 9.72 Å². The largest absolute Gasteiger partial charge is 0.496 e. The van der Waals surface area contributed by atoms with Gasteiger partial charge < -0.3 is 9.14 Å². The van der Waals surface area contributed by atoms with Gasteiger partial charge in [-0.2, -0.15) is 0 Å². The summed E-state index contributed by atoms with van der Waals surface area (Å²) in [6.45, 7) is 2.41. The van der Waals surface area contributed by atoms with Crippen LogP contribution in [-0.2, 0) is 6.42 Å². The van der Waals surface area contributed by atoms with Crippen LogP contribution in [0.2, 0.25) is 0 Å². The maximum absolute atomic E-state index is 5.51. The number of rotatable bonds is 5. The highest BCUT2D eigenvalue weighted by Crippen LogP contribution is 2.49. The van der Waals surface area contributed by atoms with E-state index in [2.05, 4.69) is 39.9 Å². The number of para-hydroxylation sites is 1. The lowest BCUT2D eigenvalue weighted by molar-refractivity contribution is 0.238. The summed E-state index contributed by atoms with van der Waals surface area (Å²) in [5.41, 5.74) is 5.04. The Labute approximate surface area is 154 Å². The Morgan fingerprint density at radius 3 is 2.81 bits per heavy atom. The number of hydrogen-bond acceptors (Lipinski definition) is 3. The van der Waals surface area contributed by atoms with E-state index in [9.17, 15) is 0 Å². The molecule has 2 fully saturated rings. The van der Waals surface area contributed by atoms with Gasteiger partial charge in [0, 0.05) is 42.0 Å². The summed E-state index contributed by atoms with van der Waals surface area (Å²) in [6.07, 6.45) is 11.0. The van der Waals surface area contributed by atoms with Gasteiger partial charge in [-0.15, -0.1) is 0 Å². The number of ether oxygens (including phenoxy) is 1. The van der Waals surface area contributed by atoms with Gasteiger partial charge in [-0.3, -0.25) is 4.90 Å². The third-order valence-electron chi connectivity index (χ3n) is 6.12. The molecule has 3 heterocycles. The molecule has 1 saturated carbocycles. The minimum atomic E-state index is 0.580. The van der Waals surface area contributed by atoms with Gasteiger partial charge >= 0.3 is 0 Å². The van der Waals surface area contributed by atoms with Gasteiger partial charge in [-0.25, -0.2) is 4.98 Å². The molecular formula is C22H25N3O. The first-order valence-electron chi connectivity index (χ1n) is 9.64. The van der Waals surface area contributed by atoms with E-state index in [1.54, 1.807) is 7.11 Å². The van der Waals surface area contributed by atoms with Gasteiger partial charge in [-0.05, 0) is 50.4 Å². The van der Waals surface area contributed by atoms with E-state index in [1.165, 1.54) is 37.9 Å². The predicted octanol–water partition coefficient (Wildman–Crippen LogP) is 4.18. The second-order valence-electron chi connectivity index (χ2n) is 7.68. The Morgan fingerprint density at radius 1 is 1.08 bits per heavy atom. The molecule has 4 heteroatoms. The summed E-state index contributed by atoms with van der Waals surface area (Å²) in [7, 11) is 1.72. The van der Waals surface area contributed by atoms with Crippen molar-refractivity contribution in [3.63, 3.8) is 0 Å². The topological polar surface area (TPSA) is 29.8 Å². The van der Waals surface area contributed by atoms with Gasteiger partial charge in [-0.1, -0.05) is 18.2 Å². The average Bonchev–Trinajstić information content (AvgIpc) is 3.17. The van der Waals surface area contributed by atoms with Gasteiger partial charge in [0.1, 0.15) is 11.4 Å². The van der Waals surface area contributed by atoms with Crippen LogP contribution in [0.5, 0.6) is 5.75 Å². The molecule has 5 rings (SSSR count). The SMILES string of the molecule is COc1ccccc1-c1ccc2nc(CCN3CCCC34CC4)cn2c1. The highest BCUT2D eigenvalue weighted by atomic mass is 16.5. The van der Waals surface area contributed by atoms with Crippen molar-refractivity contribution in [2.24, 2.45) is 0 Å². The maximum atomic E-state index is 5.51. The molecule has 1 aliphatic carbocycles. The van der Waals surface area contributed by atoms with Crippen LogP contribution in [0.4, 0.5) is 0 Å². The summed E-state index contributed by atoms with van der Waals surface area (Å²) in [5, 5.41) is 0. The van der Waals surface area contributed by atoms with E-state index in [0.717, 1.165) is 35.5 Å². The smallest absolute Gasteiger partial charge is 0.137 e. The summed E-state index contributed by atoms with van der Waals surface area (Å²) in [5.74, 6) is 0.899. The lowest BCUT2D eigenvalue weighted by Gasteiger charge is -2.23. The zero-order valence-electron chi connectivity index (χ0n) is 15.3. The van der Waals surface area contributed by atoms with Gasteiger partial charge in [0.25, 0.3) is 0 Å². The van der Waals surface area contributed by atoms with Crippen molar-refractivity contribution in [2.45, 2.75) is 37.6 Å². The van der Waals surface area contributed by atoms with Crippen molar-refractivity contribution >= 4 is 5.65 Å². The summed E-state index contributed by atoms with van der Waals surface area (Å²) in [6, 6.07) is 12.4. The molecule has 0 unspecified atom stereocenters. The van der Waals surface area contributed by atoms with Crippen molar-refractivity contribution in [1.29, 1.82) is 0 Å². The van der Waals surface area contributed by atoms with Crippen LogP contribution in [0.15, 0.2) is 48.8 Å². The van der Waals surface area contributed by atoms with Crippen LogP contribution in [0.1, 0.15) is 31.4 Å². The fourth-order valence-electron chi connectivity index (χ4n) is 4.51. The number of hydrogen-bond donors (Lipinski definition) is 0. The first-order chi connectivity index (χ1) is 12.8. The number of fused-ring (bicyclic) bond motifs is 1. The summed E-state index contributed by atoms with van der Waals surface area (Å²) in [4.78, 5) is 7.53. The van der Waals surface area contributed by atoms with Crippen LogP contribution < -0.4 is 4.74 Å².